The standard InChI is InChI=1S/C17H20N2O3S/c1-12-7-9-16(10-8-12)23(21,22)19-14(3)17(20)18-15-6-4-5-13(2)11-15/h4-11,14,19H,1-3H3,(H,18,20). The molecule has 0 aliphatic rings. The van der Waals surface area contributed by atoms with Crippen LogP contribution in [0, 0.1) is 13.8 Å². The van der Waals surface area contributed by atoms with Crippen LogP contribution in [0.15, 0.2) is 53.4 Å². The number of rotatable bonds is 5. The summed E-state index contributed by atoms with van der Waals surface area (Å²) in [6.07, 6.45) is 0. The zero-order chi connectivity index (χ0) is 17.0. The van der Waals surface area contributed by atoms with Crippen molar-refractivity contribution < 1.29 is 13.2 Å². The molecule has 0 saturated carbocycles. The van der Waals surface area contributed by atoms with Gasteiger partial charge in [-0.05, 0) is 50.6 Å². The van der Waals surface area contributed by atoms with Crippen LogP contribution < -0.4 is 10.0 Å². The molecule has 0 saturated heterocycles. The molecule has 0 aliphatic carbocycles. The molecule has 6 heteroatoms. The number of nitrogens with one attached hydrogen (secondary N) is 2. The Morgan fingerprint density at radius 1 is 1.00 bits per heavy atom. The average Bonchev–Trinajstić information content (AvgIpc) is 2.47. The van der Waals surface area contributed by atoms with Gasteiger partial charge in [0.15, 0.2) is 0 Å². The predicted octanol–water partition coefficient (Wildman–Crippen LogP) is 2.61. The van der Waals surface area contributed by atoms with Crippen molar-refractivity contribution in [2.24, 2.45) is 0 Å². The van der Waals surface area contributed by atoms with Crippen LogP contribution in [0.3, 0.4) is 0 Å². The second kappa shape index (κ2) is 6.93. The van der Waals surface area contributed by atoms with Gasteiger partial charge in [-0.3, -0.25) is 4.79 Å². The van der Waals surface area contributed by atoms with E-state index in [1.165, 1.54) is 19.1 Å². The van der Waals surface area contributed by atoms with E-state index in [2.05, 4.69) is 10.0 Å². The minimum Gasteiger partial charge on any atom is -0.325 e. The topological polar surface area (TPSA) is 75.3 Å². The van der Waals surface area contributed by atoms with Crippen LogP contribution in [0.4, 0.5) is 5.69 Å². The first kappa shape index (κ1) is 17.2. The molecule has 1 atom stereocenters. The highest BCUT2D eigenvalue weighted by atomic mass is 32.2. The molecule has 0 heterocycles. The maximum absolute atomic E-state index is 12.3. The van der Waals surface area contributed by atoms with Crippen LogP contribution in [0.5, 0.6) is 0 Å². The molecule has 2 aromatic rings. The molecule has 0 aromatic heterocycles. The van der Waals surface area contributed by atoms with Crippen molar-refractivity contribution in [3.05, 3.63) is 59.7 Å². The second-order valence-electron chi connectivity index (χ2n) is 5.51. The molecular weight excluding hydrogens is 312 g/mol. The number of aryl methyl sites for hydroxylation is 2. The van der Waals surface area contributed by atoms with E-state index in [1.54, 1.807) is 18.2 Å². The Hall–Kier alpha value is -2.18. The fourth-order valence-electron chi connectivity index (χ4n) is 2.05. The summed E-state index contributed by atoms with van der Waals surface area (Å²) in [5.74, 6) is -0.411. The first-order valence-corrected chi connectivity index (χ1v) is 8.73. The number of carbonyl (C=O) groups is 1. The number of sulfonamides is 1. The maximum atomic E-state index is 12.3. The monoisotopic (exact) mass is 332 g/mol. The average molecular weight is 332 g/mol. The Labute approximate surface area is 136 Å². The molecule has 2 N–H and O–H groups in total. The number of benzene rings is 2. The number of hydrogen-bond donors (Lipinski definition) is 2. The molecule has 0 fully saturated rings. The smallest absolute Gasteiger partial charge is 0.242 e. The summed E-state index contributed by atoms with van der Waals surface area (Å²) in [5.41, 5.74) is 2.61. The lowest BCUT2D eigenvalue weighted by molar-refractivity contribution is -0.117. The van der Waals surface area contributed by atoms with Crippen molar-refractivity contribution in [2.75, 3.05) is 5.32 Å². The van der Waals surface area contributed by atoms with Gasteiger partial charge in [-0.2, -0.15) is 4.72 Å². The highest BCUT2D eigenvalue weighted by molar-refractivity contribution is 7.89. The maximum Gasteiger partial charge on any atom is 0.242 e. The third-order valence-electron chi connectivity index (χ3n) is 3.34. The van der Waals surface area contributed by atoms with Gasteiger partial charge in [0, 0.05) is 5.69 Å². The minimum atomic E-state index is -3.73. The summed E-state index contributed by atoms with van der Waals surface area (Å²) in [7, 11) is -3.73. The van der Waals surface area contributed by atoms with E-state index in [1.807, 2.05) is 32.0 Å². The van der Waals surface area contributed by atoms with Crippen LogP contribution in [0.1, 0.15) is 18.1 Å². The lowest BCUT2D eigenvalue weighted by Gasteiger charge is -2.15. The summed E-state index contributed by atoms with van der Waals surface area (Å²) in [5, 5.41) is 2.70. The van der Waals surface area contributed by atoms with Gasteiger partial charge >= 0.3 is 0 Å². The molecule has 0 bridgehead atoms. The fourth-order valence-corrected chi connectivity index (χ4v) is 3.25. The SMILES string of the molecule is Cc1ccc(S(=O)(=O)NC(C)C(=O)Nc2cccc(C)c2)cc1. The van der Waals surface area contributed by atoms with E-state index in [-0.39, 0.29) is 4.90 Å². The molecule has 23 heavy (non-hydrogen) atoms. The zero-order valence-corrected chi connectivity index (χ0v) is 14.1. The Kier molecular flexibility index (Phi) is 5.18. The van der Waals surface area contributed by atoms with Gasteiger partial charge in [0.25, 0.3) is 0 Å². The van der Waals surface area contributed by atoms with E-state index in [9.17, 15) is 13.2 Å². The molecule has 2 rings (SSSR count). The molecule has 0 aliphatic heterocycles. The van der Waals surface area contributed by atoms with Crippen LogP contribution in [-0.4, -0.2) is 20.4 Å². The van der Waals surface area contributed by atoms with Crippen LogP contribution in [0.25, 0.3) is 0 Å². The van der Waals surface area contributed by atoms with Gasteiger partial charge < -0.3 is 5.32 Å². The van der Waals surface area contributed by atoms with E-state index >= 15 is 0 Å². The van der Waals surface area contributed by atoms with Gasteiger partial charge in [-0.1, -0.05) is 29.8 Å². The third-order valence-corrected chi connectivity index (χ3v) is 4.90. The van der Waals surface area contributed by atoms with Crippen molar-refractivity contribution in [2.45, 2.75) is 31.7 Å². The molecule has 122 valence electrons. The van der Waals surface area contributed by atoms with Crippen LogP contribution in [0.2, 0.25) is 0 Å². The number of hydrogen-bond acceptors (Lipinski definition) is 3. The van der Waals surface area contributed by atoms with Gasteiger partial charge in [0.2, 0.25) is 15.9 Å². The Balaban J connectivity index is 2.06. The quantitative estimate of drug-likeness (QED) is 0.884. The second-order valence-corrected chi connectivity index (χ2v) is 7.23. The first-order chi connectivity index (χ1) is 10.8. The Bertz CT molecular complexity index is 799. The van der Waals surface area contributed by atoms with Crippen molar-refractivity contribution in [3.63, 3.8) is 0 Å². The van der Waals surface area contributed by atoms with Crippen molar-refractivity contribution >= 4 is 21.6 Å². The number of amides is 1. The highest BCUT2D eigenvalue weighted by Gasteiger charge is 2.22. The zero-order valence-electron chi connectivity index (χ0n) is 13.3. The summed E-state index contributed by atoms with van der Waals surface area (Å²) in [6, 6.07) is 12.9. The molecule has 2 aromatic carbocycles. The fraction of sp³-hybridized carbons (Fsp3) is 0.235. The number of carbonyl (C=O) groups excluding carboxylic acids is 1. The lowest BCUT2D eigenvalue weighted by atomic mass is 10.2. The van der Waals surface area contributed by atoms with Crippen LogP contribution >= 0.6 is 0 Å². The molecular formula is C17H20N2O3S. The van der Waals surface area contributed by atoms with E-state index in [0.717, 1.165) is 11.1 Å². The molecule has 1 unspecified atom stereocenters. The van der Waals surface area contributed by atoms with Gasteiger partial charge in [-0.15, -0.1) is 0 Å². The minimum absolute atomic E-state index is 0.137. The van der Waals surface area contributed by atoms with Crippen molar-refractivity contribution in [3.8, 4) is 0 Å². The van der Waals surface area contributed by atoms with Crippen molar-refractivity contribution in [1.82, 2.24) is 4.72 Å². The molecule has 1 amide bonds. The summed E-state index contributed by atoms with van der Waals surface area (Å²) in [4.78, 5) is 12.3. The van der Waals surface area contributed by atoms with E-state index < -0.39 is 22.0 Å². The molecule has 0 radical (unpaired) electrons. The van der Waals surface area contributed by atoms with Gasteiger partial charge in [0.05, 0.1) is 10.9 Å². The first-order valence-electron chi connectivity index (χ1n) is 7.24. The van der Waals surface area contributed by atoms with Crippen LogP contribution in [-0.2, 0) is 14.8 Å². The van der Waals surface area contributed by atoms with E-state index in [0.29, 0.717) is 5.69 Å². The third kappa shape index (κ3) is 4.64. The van der Waals surface area contributed by atoms with Gasteiger partial charge in [-0.25, -0.2) is 8.42 Å². The Morgan fingerprint density at radius 3 is 2.26 bits per heavy atom. The highest BCUT2D eigenvalue weighted by Crippen LogP contribution is 2.12. The summed E-state index contributed by atoms with van der Waals surface area (Å²) >= 11 is 0. The lowest BCUT2D eigenvalue weighted by Crippen LogP contribution is -2.41. The Morgan fingerprint density at radius 2 is 1.65 bits per heavy atom. The van der Waals surface area contributed by atoms with Gasteiger partial charge in [0.1, 0.15) is 0 Å². The van der Waals surface area contributed by atoms with E-state index in [4.69, 9.17) is 0 Å². The molecule has 5 nitrogen and oxygen atoms in total. The number of anilines is 1. The molecule has 0 spiro atoms. The largest absolute Gasteiger partial charge is 0.325 e. The summed E-state index contributed by atoms with van der Waals surface area (Å²) in [6.45, 7) is 5.30. The predicted molar refractivity (Wildman–Crippen MR) is 90.8 cm³/mol. The normalized spacial score (nSPS) is 12.7. The summed E-state index contributed by atoms with van der Waals surface area (Å²) < 4.78 is 26.9. The van der Waals surface area contributed by atoms with Crippen molar-refractivity contribution in [1.29, 1.82) is 0 Å².